The van der Waals surface area contributed by atoms with Crippen molar-refractivity contribution in [3.63, 3.8) is 0 Å². The molecule has 0 amide bonds. The first kappa shape index (κ1) is 22.9. The van der Waals surface area contributed by atoms with E-state index in [1.165, 1.54) is 0 Å². The van der Waals surface area contributed by atoms with E-state index in [-0.39, 0.29) is 24.0 Å². The number of guanidine groups is 1. The maximum atomic E-state index is 11.3. The summed E-state index contributed by atoms with van der Waals surface area (Å²) in [5.74, 6) is 1.38. The highest BCUT2D eigenvalue weighted by Gasteiger charge is 2.22. The molecule has 1 rings (SSSR count). The average molecular weight is 470 g/mol. The maximum Gasteiger partial charge on any atom is 0.209 e. The molecule has 0 bridgehead atoms. The Balaban J connectivity index is 0.00000529. The van der Waals surface area contributed by atoms with Crippen LogP contribution in [-0.2, 0) is 16.6 Å². The lowest BCUT2D eigenvalue weighted by atomic mass is 10.1. The van der Waals surface area contributed by atoms with Crippen LogP contribution in [0.4, 0.5) is 0 Å². The van der Waals surface area contributed by atoms with Crippen LogP contribution in [0.25, 0.3) is 0 Å². The van der Waals surface area contributed by atoms with Crippen LogP contribution >= 0.6 is 24.0 Å². The number of halogens is 1. The molecule has 0 aliphatic rings. The Morgan fingerprint density at radius 3 is 2.42 bits per heavy atom. The smallest absolute Gasteiger partial charge is 0.209 e. The fraction of sp³-hybridized carbons (Fsp3) is 0.533. The number of rotatable bonds is 7. The second-order valence-electron chi connectivity index (χ2n) is 5.85. The first-order valence-corrected chi connectivity index (χ1v) is 9.11. The van der Waals surface area contributed by atoms with E-state index < -0.39 is 15.6 Å². The van der Waals surface area contributed by atoms with Crippen molar-refractivity contribution in [2.75, 3.05) is 27.0 Å². The zero-order chi connectivity index (χ0) is 17.5. The molecule has 0 heterocycles. The van der Waals surface area contributed by atoms with Gasteiger partial charge in [0.25, 0.3) is 0 Å². The van der Waals surface area contributed by atoms with E-state index in [1.54, 1.807) is 28.0 Å². The SMILES string of the molecule is CN=C(NCc1ccccc1OC)NCC(C)(C)NS(C)(=O)=O.I. The molecular weight excluding hydrogens is 443 g/mol. The van der Waals surface area contributed by atoms with Gasteiger partial charge in [-0.2, -0.15) is 0 Å². The summed E-state index contributed by atoms with van der Waals surface area (Å²) in [6.45, 7) is 4.54. The Hall–Kier alpha value is -1.07. The van der Waals surface area contributed by atoms with Crippen molar-refractivity contribution in [3.8, 4) is 5.75 Å². The molecule has 0 radical (unpaired) electrons. The molecule has 0 fully saturated rings. The van der Waals surface area contributed by atoms with E-state index in [9.17, 15) is 8.42 Å². The van der Waals surface area contributed by atoms with Gasteiger partial charge in [-0.3, -0.25) is 4.99 Å². The minimum atomic E-state index is -3.27. The van der Waals surface area contributed by atoms with Gasteiger partial charge in [0.2, 0.25) is 10.0 Å². The molecule has 3 N–H and O–H groups in total. The molecule has 138 valence electrons. The fourth-order valence-electron chi connectivity index (χ4n) is 2.09. The van der Waals surface area contributed by atoms with Crippen molar-refractivity contribution < 1.29 is 13.2 Å². The molecule has 9 heteroatoms. The van der Waals surface area contributed by atoms with E-state index in [0.717, 1.165) is 17.6 Å². The Morgan fingerprint density at radius 2 is 1.88 bits per heavy atom. The third-order valence-corrected chi connectivity index (χ3v) is 3.95. The van der Waals surface area contributed by atoms with Crippen LogP contribution in [0.5, 0.6) is 5.75 Å². The number of hydrogen-bond acceptors (Lipinski definition) is 4. The quantitative estimate of drug-likeness (QED) is 0.318. The number of nitrogens with zero attached hydrogens (tertiary/aromatic N) is 1. The van der Waals surface area contributed by atoms with E-state index in [0.29, 0.717) is 19.0 Å². The minimum Gasteiger partial charge on any atom is -0.496 e. The van der Waals surface area contributed by atoms with Gasteiger partial charge in [0, 0.05) is 31.2 Å². The maximum absolute atomic E-state index is 11.3. The summed E-state index contributed by atoms with van der Waals surface area (Å²) >= 11 is 0. The van der Waals surface area contributed by atoms with Crippen LogP contribution in [0.15, 0.2) is 29.3 Å². The number of aliphatic imine (C=N–C) groups is 1. The van der Waals surface area contributed by atoms with E-state index in [4.69, 9.17) is 4.74 Å². The molecule has 1 aromatic carbocycles. The van der Waals surface area contributed by atoms with Crippen molar-refractivity contribution >= 4 is 40.0 Å². The van der Waals surface area contributed by atoms with Crippen molar-refractivity contribution in [3.05, 3.63) is 29.8 Å². The zero-order valence-electron chi connectivity index (χ0n) is 14.7. The van der Waals surface area contributed by atoms with Gasteiger partial charge >= 0.3 is 0 Å². The monoisotopic (exact) mass is 470 g/mol. The summed E-state index contributed by atoms with van der Waals surface area (Å²) < 4.78 is 30.6. The van der Waals surface area contributed by atoms with Gasteiger partial charge in [0.15, 0.2) is 5.96 Å². The summed E-state index contributed by atoms with van der Waals surface area (Å²) in [6, 6.07) is 7.71. The van der Waals surface area contributed by atoms with Gasteiger partial charge in [-0.05, 0) is 19.9 Å². The van der Waals surface area contributed by atoms with Crippen LogP contribution in [-0.4, -0.2) is 46.9 Å². The third-order valence-electron chi connectivity index (χ3n) is 3.02. The highest BCUT2D eigenvalue weighted by molar-refractivity contribution is 14.0. The summed E-state index contributed by atoms with van der Waals surface area (Å²) in [6.07, 6.45) is 1.14. The first-order valence-electron chi connectivity index (χ1n) is 7.22. The lowest BCUT2D eigenvalue weighted by Crippen LogP contribution is -2.52. The zero-order valence-corrected chi connectivity index (χ0v) is 17.9. The molecule has 0 saturated carbocycles. The Labute approximate surface area is 161 Å². The molecule has 24 heavy (non-hydrogen) atoms. The van der Waals surface area contributed by atoms with Gasteiger partial charge < -0.3 is 15.4 Å². The van der Waals surface area contributed by atoms with Gasteiger partial charge in [0.05, 0.1) is 13.4 Å². The Bertz CT molecular complexity index is 648. The predicted molar refractivity (Wildman–Crippen MR) is 109 cm³/mol. The predicted octanol–water partition coefficient (Wildman–Crippen LogP) is 1.31. The summed E-state index contributed by atoms with van der Waals surface area (Å²) in [7, 11) is 0.0240. The molecule has 0 spiro atoms. The molecule has 7 nitrogen and oxygen atoms in total. The van der Waals surface area contributed by atoms with Crippen LogP contribution in [0.1, 0.15) is 19.4 Å². The Morgan fingerprint density at radius 1 is 1.25 bits per heavy atom. The third kappa shape index (κ3) is 8.69. The number of methoxy groups -OCH3 is 1. The lowest BCUT2D eigenvalue weighted by Gasteiger charge is -2.26. The number of nitrogens with one attached hydrogen (secondary N) is 3. The van der Waals surface area contributed by atoms with Crippen molar-refractivity contribution in [2.24, 2.45) is 4.99 Å². The number of sulfonamides is 1. The Kier molecular flexibility index (Phi) is 9.59. The van der Waals surface area contributed by atoms with Crippen molar-refractivity contribution in [2.45, 2.75) is 25.9 Å². The van der Waals surface area contributed by atoms with Crippen molar-refractivity contribution in [1.82, 2.24) is 15.4 Å². The number of ether oxygens (including phenoxy) is 1. The molecule has 1 aromatic rings. The van der Waals surface area contributed by atoms with Crippen LogP contribution < -0.4 is 20.1 Å². The van der Waals surface area contributed by atoms with Crippen molar-refractivity contribution in [1.29, 1.82) is 0 Å². The van der Waals surface area contributed by atoms with Crippen LogP contribution in [0.3, 0.4) is 0 Å². The second-order valence-corrected chi connectivity index (χ2v) is 7.60. The average Bonchev–Trinajstić information content (AvgIpc) is 2.45. The minimum absolute atomic E-state index is 0. The standard InChI is InChI=1S/C15H26N4O3S.HI/c1-15(2,19-23(5,20)21)11-18-14(16-3)17-10-12-8-6-7-9-13(12)22-4;/h6-9,19H,10-11H2,1-5H3,(H2,16,17,18);1H. The molecule has 0 atom stereocenters. The summed E-state index contributed by atoms with van der Waals surface area (Å²) in [5, 5.41) is 6.29. The molecule has 0 aliphatic carbocycles. The molecule has 0 saturated heterocycles. The number of benzene rings is 1. The molecule has 0 aromatic heterocycles. The highest BCUT2D eigenvalue weighted by Crippen LogP contribution is 2.16. The van der Waals surface area contributed by atoms with Crippen LogP contribution in [0.2, 0.25) is 0 Å². The fourth-order valence-corrected chi connectivity index (χ4v) is 3.17. The van der Waals surface area contributed by atoms with Gasteiger partial charge in [-0.1, -0.05) is 18.2 Å². The largest absolute Gasteiger partial charge is 0.496 e. The molecular formula is C15H27IN4O3S. The van der Waals surface area contributed by atoms with E-state index >= 15 is 0 Å². The molecule has 0 unspecified atom stereocenters. The summed E-state index contributed by atoms with van der Waals surface area (Å²) in [5.41, 5.74) is 0.377. The van der Waals surface area contributed by atoms with E-state index in [2.05, 4.69) is 20.3 Å². The first-order chi connectivity index (χ1) is 10.7. The number of para-hydroxylation sites is 1. The summed E-state index contributed by atoms with van der Waals surface area (Å²) in [4.78, 5) is 4.13. The van der Waals surface area contributed by atoms with Gasteiger partial charge in [-0.15, -0.1) is 24.0 Å². The lowest BCUT2D eigenvalue weighted by molar-refractivity contribution is 0.409. The molecule has 0 aliphatic heterocycles. The van der Waals surface area contributed by atoms with Gasteiger partial charge in [-0.25, -0.2) is 13.1 Å². The second kappa shape index (κ2) is 10.0. The normalized spacial score (nSPS) is 12.3. The van der Waals surface area contributed by atoms with Crippen LogP contribution in [0, 0.1) is 0 Å². The van der Waals surface area contributed by atoms with Gasteiger partial charge in [0.1, 0.15) is 5.75 Å². The highest BCUT2D eigenvalue weighted by atomic mass is 127. The van der Waals surface area contributed by atoms with E-state index in [1.807, 2.05) is 24.3 Å². The topological polar surface area (TPSA) is 91.8 Å². The number of hydrogen-bond donors (Lipinski definition) is 3.